The maximum absolute atomic E-state index is 12.7. The fourth-order valence-corrected chi connectivity index (χ4v) is 5.35. The predicted octanol–water partition coefficient (Wildman–Crippen LogP) is 4.16. The summed E-state index contributed by atoms with van der Waals surface area (Å²) in [5.74, 6) is 0.330. The average molecular weight is 391 g/mol. The molecule has 1 amide bonds. The molecule has 138 valence electrons. The van der Waals surface area contributed by atoms with Gasteiger partial charge in [-0.05, 0) is 25.3 Å². The third-order valence-electron chi connectivity index (χ3n) is 5.77. The summed E-state index contributed by atoms with van der Waals surface area (Å²) in [6.45, 7) is 1.32. The lowest BCUT2D eigenvalue weighted by Gasteiger charge is -2.47. The van der Waals surface area contributed by atoms with Crippen LogP contribution in [0.25, 0.3) is 10.6 Å². The molecule has 2 aromatic rings. The number of benzene rings is 1. The SMILES string of the molecule is O=C(Cc1csc(-c2ccccc2Cl)n1)N1CC[C@]2(O)CCCC[C@H]2C1. The van der Waals surface area contributed by atoms with Gasteiger partial charge in [-0.3, -0.25) is 4.79 Å². The molecule has 6 heteroatoms. The number of aromatic nitrogens is 1. The standard InChI is InChI=1S/C20H23ClN2O2S/c21-17-7-2-1-6-16(17)19-22-15(13-26-19)11-18(24)23-10-9-20(25)8-4-3-5-14(20)12-23/h1-2,6-7,13-14,25H,3-5,8-12H2/t14-,20+/m0/s1. The van der Waals surface area contributed by atoms with Crippen LogP contribution in [-0.2, 0) is 11.2 Å². The minimum atomic E-state index is -0.549. The van der Waals surface area contributed by atoms with Gasteiger partial charge in [-0.2, -0.15) is 0 Å². The van der Waals surface area contributed by atoms with Crippen molar-refractivity contribution in [2.45, 2.75) is 44.1 Å². The zero-order valence-corrected chi connectivity index (χ0v) is 16.2. The molecule has 4 nitrogen and oxygen atoms in total. The molecule has 0 spiro atoms. The highest BCUT2D eigenvalue weighted by atomic mass is 35.5. The Kier molecular flexibility index (Phi) is 5.04. The van der Waals surface area contributed by atoms with Crippen molar-refractivity contribution >= 4 is 28.8 Å². The van der Waals surface area contributed by atoms with E-state index in [1.165, 1.54) is 11.3 Å². The number of hydrogen-bond acceptors (Lipinski definition) is 4. The summed E-state index contributed by atoms with van der Waals surface area (Å²) in [5.41, 5.74) is 1.15. The second-order valence-corrected chi connectivity index (χ2v) is 8.70. The van der Waals surface area contributed by atoms with Crippen LogP contribution < -0.4 is 0 Å². The van der Waals surface area contributed by atoms with Gasteiger partial charge in [0.2, 0.25) is 5.91 Å². The zero-order valence-electron chi connectivity index (χ0n) is 14.7. The van der Waals surface area contributed by atoms with Gasteiger partial charge in [0.25, 0.3) is 0 Å². The van der Waals surface area contributed by atoms with E-state index in [0.29, 0.717) is 31.0 Å². The van der Waals surface area contributed by atoms with Gasteiger partial charge >= 0.3 is 0 Å². The third kappa shape index (κ3) is 3.53. The van der Waals surface area contributed by atoms with Gasteiger partial charge in [-0.1, -0.05) is 42.6 Å². The summed E-state index contributed by atoms with van der Waals surface area (Å²) in [7, 11) is 0. The van der Waals surface area contributed by atoms with Gasteiger partial charge in [-0.25, -0.2) is 4.98 Å². The van der Waals surface area contributed by atoms with Crippen molar-refractivity contribution in [2.24, 2.45) is 5.92 Å². The van der Waals surface area contributed by atoms with Crippen LogP contribution in [0.1, 0.15) is 37.8 Å². The zero-order chi connectivity index (χ0) is 18.1. The highest BCUT2D eigenvalue weighted by Crippen LogP contribution is 2.40. The molecule has 2 aliphatic rings. The number of fused-ring (bicyclic) bond motifs is 1. The third-order valence-corrected chi connectivity index (χ3v) is 7.02. The van der Waals surface area contributed by atoms with Crippen molar-refractivity contribution in [1.82, 2.24) is 9.88 Å². The number of likely N-dealkylation sites (tertiary alicyclic amines) is 1. The molecule has 0 bridgehead atoms. The van der Waals surface area contributed by atoms with E-state index in [1.807, 2.05) is 34.5 Å². The highest BCUT2D eigenvalue weighted by molar-refractivity contribution is 7.13. The Balaban J connectivity index is 1.42. The molecule has 1 saturated carbocycles. The largest absolute Gasteiger partial charge is 0.389 e. The van der Waals surface area contributed by atoms with Gasteiger partial charge in [0.05, 0.1) is 22.7 Å². The van der Waals surface area contributed by atoms with Crippen LogP contribution in [0.3, 0.4) is 0 Å². The molecule has 26 heavy (non-hydrogen) atoms. The van der Waals surface area contributed by atoms with E-state index < -0.39 is 5.60 Å². The number of amides is 1. The Morgan fingerprint density at radius 1 is 1.35 bits per heavy atom. The number of piperidine rings is 1. The molecule has 2 fully saturated rings. The average Bonchev–Trinajstić information content (AvgIpc) is 3.09. The lowest BCUT2D eigenvalue weighted by Crippen LogP contribution is -2.54. The van der Waals surface area contributed by atoms with E-state index in [4.69, 9.17) is 11.6 Å². The number of aliphatic hydroxyl groups is 1. The first-order chi connectivity index (χ1) is 12.5. The Morgan fingerprint density at radius 2 is 2.19 bits per heavy atom. The fourth-order valence-electron chi connectivity index (χ4n) is 4.21. The minimum Gasteiger partial charge on any atom is -0.389 e. The summed E-state index contributed by atoms with van der Waals surface area (Å²) >= 11 is 7.76. The van der Waals surface area contributed by atoms with Crippen LogP contribution in [0.2, 0.25) is 5.02 Å². The van der Waals surface area contributed by atoms with Crippen molar-refractivity contribution in [1.29, 1.82) is 0 Å². The van der Waals surface area contributed by atoms with Crippen LogP contribution in [0.5, 0.6) is 0 Å². The number of carbonyl (C=O) groups excluding carboxylic acids is 1. The van der Waals surface area contributed by atoms with Gasteiger partial charge in [0, 0.05) is 30.0 Å². The van der Waals surface area contributed by atoms with Gasteiger partial charge in [0.15, 0.2) is 0 Å². The lowest BCUT2D eigenvalue weighted by molar-refractivity contribution is -0.142. The highest BCUT2D eigenvalue weighted by Gasteiger charge is 2.43. The second kappa shape index (κ2) is 7.29. The summed E-state index contributed by atoms with van der Waals surface area (Å²) in [6, 6.07) is 7.63. The summed E-state index contributed by atoms with van der Waals surface area (Å²) in [6.07, 6.45) is 5.17. The van der Waals surface area contributed by atoms with E-state index in [2.05, 4.69) is 4.98 Å². The molecule has 4 rings (SSSR count). The summed E-state index contributed by atoms with van der Waals surface area (Å²) in [5, 5.41) is 14.2. The first kappa shape index (κ1) is 18.0. The number of thiazole rings is 1. The van der Waals surface area contributed by atoms with Gasteiger partial charge in [0.1, 0.15) is 5.01 Å². The van der Waals surface area contributed by atoms with E-state index >= 15 is 0 Å². The predicted molar refractivity (Wildman–Crippen MR) is 104 cm³/mol. The van der Waals surface area contributed by atoms with E-state index in [0.717, 1.165) is 41.9 Å². The van der Waals surface area contributed by atoms with E-state index in [-0.39, 0.29) is 11.8 Å². The number of halogens is 1. The summed E-state index contributed by atoms with van der Waals surface area (Å²) < 4.78 is 0. The number of carbonyl (C=O) groups is 1. The Labute approximate surface area is 162 Å². The molecule has 2 atom stereocenters. The van der Waals surface area contributed by atoms with Crippen molar-refractivity contribution in [3.05, 3.63) is 40.4 Å². The molecule has 1 aromatic carbocycles. The quantitative estimate of drug-likeness (QED) is 0.856. The molecule has 0 radical (unpaired) electrons. The molecule has 2 heterocycles. The first-order valence-electron chi connectivity index (χ1n) is 9.25. The van der Waals surface area contributed by atoms with Crippen molar-refractivity contribution < 1.29 is 9.90 Å². The van der Waals surface area contributed by atoms with Crippen LogP contribution >= 0.6 is 22.9 Å². The topological polar surface area (TPSA) is 53.4 Å². The van der Waals surface area contributed by atoms with Crippen LogP contribution in [0.4, 0.5) is 0 Å². The molecule has 1 aromatic heterocycles. The maximum Gasteiger partial charge on any atom is 0.228 e. The lowest BCUT2D eigenvalue weighted by atomic mass is 9.71. The van der Waals surface area contributed by atoms with Gasteiger partial charge < -0.3 is 10.0 Å². The first-order valence-corrected chi connectivity index (χ1v) is 10.5. The van der Waals surface area contributed by atoms with Crippen LogP contribution in [0.15, 0.2) is 29.6 Å². The molecule has 1 aliphatic heterocycles. The molecule has 1 aliphatic carbocycles. The fraction of sp³-hybridized carbons (Fsp3) is 0.500. The normalized spacial score (nSPS) is 25.8. The van der Waals surface area contributed by atoms with Crippen molar-refractivity contribution in [2.75, 3.05) is 13.1 Å². The maximum atomic E-state index is 12.7. The number of nitrogens with zero attached hydrogens (tertiary/aromatic N) is 2. The van der Waals surface area contributed by atoms with Crippen LogP contribution in [-0.4, -0.2) is 39.6 Å². The molecule has 1 N–H and O–H groups in total. The monoisotopic (exact) mass is 390 g/mol. The molecule has 1 saturated heterocycles. The van der Waals surface area contributed by atoms with Crippen molar-refractivity contribution in [3.63, 3.8) is 0 Å². The minimum absolute atomic E-state index is 0.105. The van der Waals surface area contributed by atoms with Crippen molar-refractivity contribution in [3.8, 4) is 10.6 Å². The molecular weight excluding hydrogens is 368 g/mol. The smallest absolute Gasteiger partial charge is 0.228 e. The second-order valence-electron chi connectivity index (χ2n) is 7.44. The van der Waals surface area contributed by atoms with E-state index in [1.54, 1.807) is 0 Å². The summed E-state index contributed by atoms with van der Waals surface area (Å²) in [4.78, 5) is 19.3. The Bertz CT molecular complexity index is 809. The van der Waals surface area contributed by atoms with Gasteiger partial charge in [-0.15, -0.1) is 11.3 Å². The molecular formula is C20H23ClN2O2S. The van der Waals surface area contributed by atoms with E-state index in [9.17, 15) is 9.90 Å². The molecule has 0 unspecified atom stereocenters. The number of rotatable bonds is 3. The Morgan fingerprint density at radius 3 is 3.04 bits per heavy atom. The van der Waals surface area contributed by atoms with Crippen LogP contribution in [0, 0.1) is 5.92 Å². The Hall–Kier alpha value is -1.43. The number of hydrogen-bond donors (Lipinski definition) is 1.